The van der Waals surface area contributed by atoms with Crippen molar-refractivity contribution in [1.82, 2.24) is 0 Å². The zero-order valence-electron chi connectivity index (χ0n) is 28.5. The van der Waals surface area contributed by atoms with Crippen LogP contribution in [0, 0.1) is 23.7 Å². The van der Waals surface area contributed by atoms with Crippen molar-refractivity contribution in [3.8, 4) is 33.8 Å². The summed E-state index contributed by atoms with van der Waals surface area (Å²) in [6.45, 7) is 9.66. The highest BCUT2D eigenvalue weighted by Crippen LogP contribution is 2.56. The van der Waals surface area contributed by atoms with Crippen molar-refractivity contribution in [2.45, 2.75) is 66.2 Å². The maximum Gasteiger partial charge on any atom is 0.118 e. The summed E-state index contributed by atoms with van der Waals surface area (Å²) in [5.41, 5.74) is 18.0. The third kappa shape index (κ3) is 5.30. The Morgan fingerprint density at radius 3 is 1.26 bits per heavy atom. The molecule has 7 rings (SSSR count). The molecule has 1 saturated carbocycles. The van der Waals surface area contributed by atoms with E-state index in [1.165, 1.54) is 70.2 Å². The van der Waals surface area contributed by atoms with E-state index < -0.39 is 0 Å². The van der Waals surface area contributed by atoms with Crippen LogP contribution in [0.25, 0.3) is 33.4 Å². The molecule has 0 spiro atoms. The number of methoxy groups -OCH3 is 2. The fourth-order valence-electron chi connectivity index (χ4n) is 8.77. The van der Waals surface area contributed by atoms with Gasteiger partial charge in [-0.2, -0.15) is 0 Å². The summed E-state index contributed by atoms with van der Waals surface area (Å²) in [6.07, 6.45) is 7.24. The first-order valence-corrected chi connectivity index (χ1v) is 17.4. The van der Waals surface area contributed by atoms with Gasteiger partial charge in [0.2, 0.25) is 0 Å². The van der Waals surface area contributed by atoms with Crippen LogP contribution in [0.2, 0.25) is 0 Å². The normalized spacial score (nSPS) is 19.2. The van der Waals surface area contributed by atoms with Crippen molar-refractivity contribution in [2.24, 2.45) is 23.7 Å². The van der Waals surface area contributed by atoms with Gasteiger partial charge in [0.25, 0.3) is 0 Å². The summed E-state index contributed by atoms with van der Waals surface area (Å²) in [6, 6.07) is 31.4. The first-order valence-electron chi connectivity index (χ1n) is 17.4. The summed E-state index contributed by atoms with van der Waals surface area (Å²) in [4.78, 5) is 0. The zero-order valence-corrected chi connectivity index (χ0v) is 28.5. The highest BCUT2D eigenvalue weighted by atomic mass is 16.5. The largest absolute Gasteiger partial charge is 0.497 e. The Morgan fingerprint density at radius 1 is 0.522 bits per heavy atom. The molecule has 0 amide bonds. The van der Waals surface area contributed by atoms with Crippen molar-refractivity contribution < 1.29 is 9.47 Å². The first kappa shape index (κ1) is 30.6. The molecule has 4 aromatic carbocycles. The van der Waals surface area contributed by atoms with Gasteiger partial charge in [-0.15, -0.1) is 0 Å². The van der Waals surface area contributed by atoms with E-state index in [2.05, 4.69) is 113 Å². The maximum atomic E-state index is 5.52. The molecular weight excluding hydrogens is 560 g/mol. The summed E-state index contributed by atoms with van der Waals surface area (Å²) in [5, 5.41) is 0. The minimum Gasteiger partial charge on any atom is -0.497 e. The van der Waals surface area contributed by atoms with Crippen molar-refractivity contribution in [3.05, 3.63) is 118 Å². The van der Waals surface area contributed by atoms with E-state index in [4.69, 9.17) is 9.47 Å². The van der Waals surface area contributed by atoms with Crippen LogP contribution in [0.3, 0.4) is 0 Å². The van der Waals surface area contributed by atoms with E-state index in [1.54, 1.807) is 36.5 Å². The number of fused-ring (bicyclic) bond motifs is 2. The summed E-state index contributed by atoms with van der Waals surface area (Å²) < 4.78 is 11.0. The number of rotatable bonds is 8. The van der Waals surface area contributed by atoms with Gasteiger partial charge in [0.1, 0.15) is 11.5 Å². The average Bonchev–Trinajstić information content (AvgIpc) is 3.68. The van der Waals surface area contributed by atoms with Crippen LogP contribution in [0.15, 0.2) is 96.1 Å². The summed E-state index contributed by atoms with van der Waals surface area (Å²) in [5.74, 6) is 3.85. The standard InChI is InChI=1S/C44H48O2/c1-27(2)39-25-31-11-9-15-35(29-17-21-33(45-5)22-18-29)41(31)43(39)37-13-7-8-14-38(37)44-40(28(3)4)26-32-12-10-16-36(42(32)44)30-19-23-34(46-6)24-20-30/h9-12,15-24,27-28,37-38H,7-8,13-14,25-26H2,1-6H3. The van der Waals surface area contributed by atoms with E-state index in [0.717, 1.165) is 24.3 Å². The number of hydrogen-bond donors (Lipinski definition) is 0. The third-order valence-electron chi connectivity index (χ3n) is 11.0. The molecule has 4 aromatic rings. The Kier molecular flexibility index (Phi) is 8.40. The SMILES string of the molecule is COc1ccc(-c2cccc3c2C(C2CCCCC2C2=C(C(C)C)Cc4cccc(-c5ccc(OC)cc5)c42)=C(C(C)C)C3)cc1. The van der Waals surface area contributed by atoms with Gasteiger partial charge in [-0.3, -0.25) is 0 Å². The van der Waals surface area contributed by atoms with Gasteiger partial charge in [0, 0.05) is 0 Å². The first-order chi connectivity index (χ1) is 22.4. The number of ether oxygens (including phenoxy) is 2. The molecule has 1 fully saturated rings. The van der Waals surface area contributed by atoms with Crippen LogP contribution in [0.4, 0.5) is 0 Å². The summed E-state index contributed by atoms with van der Waals surface area (Å²) >= 11 is 0. The fourth-order valence-corrected chi connectivity index (χ4v) is 8.77. The van der Waals surface area contributed by atoms with Crippen molar-refractivity contribution in [3.63, 3.8) is 0 Å². The molecule has 0 aliphatic heterocycles. The van der Waals surface area contributed by atoms with Gasteiger partial charge >= 0.3 is 0 Å². The lowest BCUT2D eigenvalue weighted by molar-refractivity contribution is 0.354. The molecule has 0 N–H and O–H groups in total. The minimum atomic E-state index is 0.505. The Bertz CT molecular complexity index is 1670. The molecule has 3 aliphatic rings. The van der Waals surface area contributed by atoms with Gasteiger partial charge in [-0.25, -0.2) is 0 Å². The Hall–Kier alpha value is -4.04. The molecule has 2 heteroatoms. The molecule has 0 radical (unpaired) electrons. The molecule has 0 saturated heterocycles. The Balaban J connectivity index is 1.40. The van der Waals surface area contributed by atoms with Crippen molar-refractivity contribution in [1.29, 1.82) is 0 Å². The fraction of sp³-hybridized carbons (Fsp3) is 0.364. The van der Waals surface area contributed by atoms with E-state index in [1.807, 2.05) is 0 Å². The predicted octanol–water partition coefficient (Wildman–Crippen LogP) is 11.5. The average molecular weight is 609 g/mol. The second kappa shape index (κ2) is 12.6. The molecule has 2 nitrogen and oxygen atoms in total. The monoisotopic (exact) mass is 608 g/mol. The Morgan fingerprint density at radius 2 is 0.913 bits per heavy atom. The molecule has 2 atom stereocenters. The lowest BCUT2D eigenvalue weighted by Crippen LogP contribution is -2.24. The van der Waals surface area contributed by atoms with E-state index in [0.29, 0.717) is 23.7 Å². The van der Waals surface area contributed by atoms with Crippen molar-refractivity contribution >= 4 is 11.1 Å². The third-order valence-corrected chi connectivity index (χ3v) is 11.0. The van der Waals surface area contributed by atoms with Crippen molar-refractivity contribution in [2.75, 3.05) is 14.2 Å². The minimum absolute atomic E-state index is 0.505. The van der Waals surface area contributed by atoms with Gasteiger partial charge in [-0.05, 0) is 129 Å². The molecule has 236 valence electrons. The maximum absolute atomic E-state index is 5.52. The van der Waals surface area contributed by atoms with Crippen LogP contribution in [0.1, 0.15) is 75.6 Å². The Labute approximate surface area is 276 Å². The summed E-state index contributed by atoms with van der Waals surface area (Å²) in [7, 11) is 3.49. The highest BCUT2D eigenvalue weighted by Gasteiger charge is 2.41. The number of hydrogen-bond acceptors (Lipinski definition) is 2. The zero-order chi connectivity index (χ0) is 31.9. The van der Waals surface area contributed by atoms with E-state index in [9.17, 15) is 0 Å². The van der Waals surface area contributed by atoms with Crippen LogP contribution in [-0.2, 0) is 12.8 Å². The van der Waals surface area contributed by atoms with Crippen LogP contribution in [-0.4, -0.2) is 14.2 Å². The second-order valence-electron chi connectivity index (χ2n) is 14.2. The van der Waals surface area contributed by atoms with Crippen LogP contribution < -0.4 is 9.47 Å². The van der Waals surface area contributed by atoms with Gasteiger partial charge in [0.15, 0.2) is 0 Å². The van der Waals surface area contributed by atoms with Gasteiger partial charge < -0.3 is 9.47 Å². The molecule has 0 bridgehead atoms. The lowest BCUT2D eigenvalue weighted by atomic mass is 9.66. The van der Waals surface area contributed by atoms with Crippen LogP contribution in [0.5, 0.6) is 11.5 Å². The smallest absolute Gasteiger partial charge is 0.118 e. The van der Waals surface area contributed by atoms with E-state index >= 15 is 0 Å². The lowest BCUT2D eigenvalue weighted by Gasteiger charge is -2.37. The van der Waals surface area contributed by atoms with Gasteiger partial charge in [-0.1, -0.05) is 112 Å². The molecular formula is C44H48O2. The van der Waals surface area contributed by atoms with Crippen LogP contribution >= 0.6 is 0 Å². The van der Waals surface area contributed by atoms with E-state index in [-0.39, 0.29) is 0 Å². The molecule has 0 heterocycles. The molecule has 3 aliphatic carbocycles. The molecule has 2 unspecified atom stereocenters. The molecule has 46 heavy (non-hydrogen) atoms. The second-order valence-corrected chi connectivity index (χ2v) is 14.2. The highest BCUT2D eigenvalue weighted by molar-refractivity contribution is 5.93. The quantitative estimate of drug-likeness (QED) is 0.198. The number of benzene rings is 4. The topological polar surface area (TPSA) is 18.5 Å². The number of allylic oxidation sites excluding steroid dienone is 4. The van der Waals surface area contributed by atoms with Gasteiger partial charge in [0.05, 0.1) is 14.2 Å². The molecule has 0 aromatic heterocycles. The predicted molar refractivity (Wildman–Crippen MR) is 193 cm³/mol.